The number of carbonyl (C=O) groups is 1. The van der Waals surface area contributed by atoms with Crippen molar-refractivity contribution in [3.63, 3.8) is 0 Å². The molecule has 0 heterocycles. The summed E-state index contributed by atoms with van der Waals surface area (Å²) in [6.45, 7) is 10.7. The molecule has 0 aromatic heterocycles. The smallest absolute Gasteiger partial charge is 0.207 e. The summed E-state index contributed by atoms with van der Waals surface area (Å²) in [7, 11) is 1.66. The van der Waals surface area contributed by atoms with Crippen molar-refractivity contribution in [2.75, 3.05) is 13.7 Å². The second-order valence-electron chi connectivity index (χ2n) is 3.43. The van der Waals surface area contributed by atoms with E-state index in [2.05, 4.69) is 19.2 Å². The van der Waals surface area contributed by atoms with Gasteiger partial charge in [-0.1, -0.05) is 27.7 Å². The topological polar surface area (TPSA) is 38.3 Å². The highest BCUT2D eigenvalue weighted by molar-refractivity contribution is 5.46. The monoisotopic (exact) mass is 189 g/mol. The van der Waals surface area contributed by atoms with Crippen LogP contribution in [-0.4, -0.2) is 26.2 Å². The zero-order valence-corrected chi connectivity index (χ0v) is 9.68. The molecule has 0 saturated heterocycles. The first-order chi connectivity index (χ1) is 6.04. The Balaban J connectivity index is 0. The van der Waals surface area contributed by atoms with Gasteiger partial charge in [-0.15, -0.1) is 0 Å². The second kappa shape index (κ2) is 8.05. The molecule has 1 amide bonds. The van der Waals surface area contributed by atoms with Crippen molar-refractivity contribution >= 4 is 6.41 Å². The lowest BCUT2D eigenvalue weighted by molar-refractivity contribution is -0.111. The maximum Gasteiger partial charge on any atom is 0.207 e. The van der Waals surface area contributed by atoms with Gasteiger partial charge in [-0.3, -0.25) is 4.79 Å². The fraction of sp³-hybridized carbons (Fsp3) is 0.900. The first-order valence-electron chi connectivity index (χ1n) is 4.73. The van der Waals surface area contributed by atoms with Crippen LogP contribution in [0.3, 0.4) is 0 Å². The number of hydrogen-bond donors (Lipinski definition) is 1. The van der Waals surface area contributed by atoms with Gasteiger partial charge in [0.05, 0.1) is 6.61 Å². The average Bonchev–Trinajstić information content (AvgIpc) is 2.08. The lowest BCUT2D eigenvalue weighted by atomic mass is 9.86. The van der Waals surface area contributed by atoms with Crippen LogP contribution in [0.25, 0.3) is 0 Å². The van der Waals surface area contributed by atoms with Crippen molar-refractivity contribution in [1.29, 1.82) is 0 Å². The molecule has 0 aliphatic rings. The summed E-state index contributed by atoms with van der Waals surface area (Å²) in [4.78, 5) is 10.1. The quantitative estimate of drug-likeness (QED) is 0.670. The molecule has 0 fully saturated rings. The van der Waals surface area contributed by atoms with Crippen molar-refractivity contribution in [2.45, 2.75) is 40.7 Å². The van der Waals surface area contributed by atoms with Crippen LogP contribution in [0.1, 0.15) is 34.6 Å². The predicted molar refractivity (Wildman–Crippen MR) is 55.7 cm³/mol. The van der Waals surface area contributed by atoms with Gasteiger partial charge in [0.25, 0.3) is 0 Å². The molecule has 1 atom stereocenters. The van der Waals surface area contributed by atoms with Crippen molar-refractivity contribution in [3.05, 3.63) is 0 Å². The Morgan fingerprint density at radius 2 is 1.92 bits per heavy atom. The largest absolute Gasteiger partial charge is 0.384 e. The third-order valence-corrected chi connectivity index (χ3v) is 2.01. The summed E-state index contributed by atoms with van der Waals surface area (Å²) in [5.41, 5.74) is -0.00431. The molecule has 0 radical (unpaired) electrons. The minimum atomic E-state index is -0.00431. The Kier molecular flexibility index (Phi) is 9.24. The number of ether oxygens (including phenoxy) is 1. The Hall–Kier alpha value is -0.570. The standard InChI is InChI=1S/C8H17NO2.C2H6/c1-7(9-6-10)8(2,3)5-11-4;1-2/h6-7H,5H2,1-4H3,(H,9,10);1-2H3. The van der Waals surface area contributed by atoms with E-state index in [0.29, 0.717) is 6.61 Å². The minimum absolute atomic E-state index is 0.00431. The number of hydrogen-bond acceptors (Lipinski definition) is 2. The fourth-order valence-electron chi connectivity index (χ4n) is 0.825. The summed E-state index contributed by atoms with van der Waals surface area (Å²) in [6, 6.07) is 0.139. The molecule has 0 aliphatic heterocycles. The zero-order chi connectivity index (χ0) is 10.9. The summed E-state index contributed by atoms with van der Waals surface area (Å²) >= 11 is 0. The highest BCUT2D eigenvalue weighted by atomic mass is 16.5. The number of amides is 1. The summed E-state index contributed by atoms with van der Waals surface area (Å²) in [6.07, 6.45) is 0.724. The van der Waals surface area contributed by atoms with E-state index in [9.17, 15) is 4.79 Å². The van der Waals surface area contributed by atoms with Gasteiger partial charge in [-0.25, -0.2) is 0 Å². The fourth-order valence-corrected chi connectivity index (χ4v) is 0.825. The Bertz CT molecular complexity index is 124. The zero-order valence-electron chi connectivity index (χ0n) is 9.68. The van der Waals surface area contributed by atoms with Gasteiger partial charge in [0.2, 0.25) is 6.41 Å². The van der Waals surface area contributed by atoms with E-state index >= 15 is 0 Å². The maximum absolute atomic E-state index is 10.1. The summed E-state index contributed by atoms with van der Waals surface area (Å²) in [5, 5.41) is 2.71. The number of nitrogens with one attached hydrogen (secondary N) is 1. The van der Waals surface area contributed by atoms with Crippen LogP contribution in [0.15, 0.2) is 0 Å². The normalized spacial score (nSPS) is 12.5. The number of rotatable bonds is 5. The molecular weight excluding hydrogens is 166 g/mol. The third-order valence-electron chi connectivity index (χ3n) is 2.01. The van der Waals surface area contributed by atoms with Gasteiger partial charge in [0.1, 0.15) is 0 Å². The Morgan fingerprint density at radius 1 is 1.46 bits per heavy atom. The lowest BCUT2D eigenvalue weighted by Crippen LogP contribution is -2.41. The molecular formula is C10H23NO2. The molecule has 80 valence electrons. The molecule has 3 heteroatoms. The van der Waals surface area contributed by atoms with E-state index in [1.807, 2.05) is 20.8 Å². The summed E-state index contributed by atoms with van der Waals surface area (Å²) < 4.78 is 5.02. The Morgan fingerprint density at radius 3 is 2.23 bits per heavy atom. The molecule has 1 N–H and O–H groups in total. The molecule has 0 spiro atoms. The highest BCUT2D eigenvalue weighted by Gasteiger charge is 2.24. The molecule has 13 heavy (non-hydrogen) atoms. The first kappa shape index (κ1) is 14.9. The van der Waals surface area contributed by atoms with E-state index in [1.54, 1.807) is 7.11 Å². The first-order valence-corrected chi connectivity index (χ1v) is 4.73. The SMILES string of the molecule is CC.COCC(C)(C)C(C)NC=O. The van der Waals surface area contributed by atoms with E-state index in [4.69, 9.17) is 4.74 Å². The van der Waals surface area contributed by atoms with Crippen LogP contribution in [-0.2, 0) is 9.53 Å². The molecule has 0 rings (SSSR count). The van der Waals surface area contributed by atoms with Crippen molar-refractivity contribution < 1.29 is 9.53 Å². The van der Waals surface area contributed by atoms with E-state index in [0.717, 1.165) is 6.41 Å². The van der Waals surface area contributed by atoms with Crippen LogP contribution in [0.5, 0.6) is 0 Å². The van der Waals surface area contributed by atoms with Crippen LogP contribution in [0, 0.1) is 5.41 Å². The van der Waals surface area contributed by atoms with E-state index < -0.39 is 0 Å². The molecule has 0 bridgehead atoms. The third kappa shape index (κ3) is 6.58. The van der Waals surface area contributed by atoms with Gasteiger partial charge in [0, 0.05) is 18.6 Å². The van der Waals surface area contributed by atoms with Crippen molar-refractivity contribution in [2.24, 2.45) is 5.41 Å². The molecule has 0 saturated carbocycles. The van der Waals surface area contributed by atoms with Crippen LogP contribution >= 0.6 is 0 Å². The Labute approximate surface area is 81.9 Å². The molecule has 1 unspecified atom stereocenters. The molecule has 0 aromatic rings. The van der Waals surface area contributed by atoms with Crippen molar-refractivity contribution in [3.8, 4) is 0 Å². The highest BCUT2D eigenvalue weighted by Crippen LogP contribution is 2.19. The minimum Gasteiger partial charge on any atom is -0.384 e. The van der Waals surface area contributed by atoms with Crippen molar-refractivity contribution in [1.82, 2.24) is 5.32 Å². The van der Waals surface area contributed by atoms with Crippen LogP contribution in [0.2, 0.25) is 0 Å². The number of carbonyl (C=O) groups excluding carboxylic acids is 1. The average molecular weight is 189 g/mol. The predicted octanol–water partition coefficient (Wildman–Crippen LogP) is 1.82. The van der Waals surface area contributed by atoms with E-state index in [1.165, 1.54) is 0 Å². The van der Waals surface area contributed by atoms with Crippen LogP contribution < -0.4 is 5.32 Å². The van der Waals surface area contributed by atoms with Crippen LogP contribution in [0.4, 0.5) is 0 Å². The van der Waals surface area contributed by atoms with Gasteiger partial charge < -0.3 is 10.1 Å². The van der Waals surface area contributed by atoms with E-state index in [-0.39, 0.29) is 11.5 Å². The summed E-state index contributed by atoms with van der Waals surface area (Å²) in [5.74, 6) is 0. The maximum atomic E-state index is 10.1. The number of methoxy groups -OCH3 is 1. The molecule has 0 aliphatic carbocycles. The van der Waals surface area contributed by atoms with Gasteiger partial charge in [0.15, 0.2) is 0 Å². The second-order valence-corrected chi connectivity index (χ2v) is 3.43. The van der Waals surface area contributed by atoms with Gasteiger partial charge >= 0.3 is 0 Å². The van der Waals surface area contributed by atoms with Gasteiger partial charge in [-0.05, 0) is 6.92 Å². The lowest BCUT2D eigenvalue weighted by Gasteiger charge is -2.30. The molecule has 0 aromatic carbocycles. The van der Waals surface area contributed by atoms with Gasteiger partial charge in [-0.2, -0.15) is 0 Å². The molecule has 3 nitrogen and oxygen atoms in total.